The summed E-state index contributed by atoms with van der Waals surface area (Å²) in [4.78, 5) is 35.8. The van der Waals surface area contributed by atoms with Crippen molar-refractivity contribution in [2.45, 2.75) is 174 Å². The van der Waals surface area contributed by atoms with Crippen LogP contribution in [0.5, 0.6) is 0 Å². The Morgan fingerprint density at radius 2 is 1.07 bits per heavy atom. The number of hydrogen-bond donors (Lipinski definition) is 1. The predicted octanol–water partition coefficient (Wildman–Crippen LogP) is 9.68. The molecule has 0 aromatic carbocycles. The Balaban J connectivity index is 5.57. The van der Waals surface area contributed by atoms with Crippen LogP contribution in [0.2, 0.25) is 0 Å². The average Bonchev–Trinajstić information content (AvgIpc) is 3.08. The van der Waals surface area contributed by atoms with Crippen LogP contribution in [0.25, 0.3) is 0 Å². The number of quaternary nitrogens is 1. The summed E-state index contributed by atoms with van der Waals surface area (Å²) in [6.07, 6.45) is 21.7. The van der Waals surface area contributed by atoms with E-state index < -0.39 is 77.5 Å². The fraction of sp³-hybridized carbons (Fsp3) is 0.944. The number of esters is 2. The summed E-state index contributed by atoms with van der Waals surface area (Å²) in [5, 5.41) is 0. The van der Waals surface area contributed by atoms with E-state index in [0.29, 0.717) is 12.8 Å². The van der Waals surface area contributed by atoms with E-state index in [4.69, 9.17) is 31.8 Å². The Labute approximate surface area is 301 Å². The molecule has 0 fully saturated rings. The number of phosphoric acid groups is 1. The zero-order valence-corrected chi connectivity index (χ0v) is 29.6. The first-order chi connectivity index (χ1) is 27.2. The Hall–Kier alpha value is -0.990. The van der Waals surface area contributed by atoms with E-state index in [2.05, 4.69) is 18.4 Å². The van der Waals surface area contributed by atoms with Crippen LogP contribution in [-0.2, 0) is 32.7 Å². The number of nitrogens with zero attached hydrogens (tertiary/aromatic N) is 1. The number of carbonyl (C=O) groups excluding carboxylic acids is 2. The zero-order chi connectivity index (χ0) is 45.4. The van der Waals surface area contributed by atoms with Crippen molar-refractivity contribution in [2.75, 3.05) is 47.2 Å². The molecular weight excluding hydrogens is 605 g/mol. The number of carbonyl (C=O) groups is 2. The average molecular weight is 692 g/mol. The van der Waals surface area contributed by atoms with E-state index in [1.807, 2.05) is 0 Å². The molecule has 0 aliphatic heterocycles. The fourth-order valence-corrected chi connectivity index (χ4v) is 5.40. The lowest BCUT2D eigenvalue weighted by molar-refractivity contribution is -0.870. The molecule has 0 bridgehead atoms. The van der Waals surface area contributed by atoms with Gasteiger partial charge >= 0.3 is 19.8 Å². The third-order valence-electron chi connectivity index (χ3n) is 7.50. The Morgan fingerprint density at radius 1 is 0.652 bits per heavy atom. The molecule has 0 aliphatic carbocycles. The number of likely N-dealkylation sites (N-methyl/N-ethyl adjacent to an activating group) is 1. The van der Waals surface area contributed by atoms with Gasteiger partial charge in [0.05, 0.1) is 45.4 Å². The van der Waals surface area contributed by atoms with Gasteiger partial charge in [-0.1, -0.05) is 142 Å². The minimum atomic E-state index is -5.88. The van der Waals surface area contributed by atoms with Crippen LogP contribution in [0.4, 0.5) is 0 Å². The van der Waals surface area contributed by atoms with Crippen LogP contribution in [-0.4, -0.2) is 74.6 Å². The van der Waals surface area contributed by atoms with Gasteiger partial charge < -0.3 is 18.9 Å². The quantitative estimate of drug-likeness (QED) is 0.0308. The summed E-state index contributed by atoms with van der Waals surface area (Å²) < 4.78 is 131. The second-order valence-electron chi connectivity index (χ2n) is 12.1. The first-order valence-electron chi connectivity index (χ1n) is 24.2. The van der Waals surface area contributed by atoms with Gasteiger partial charge in [-0.15, -0.1) is 0 Å². The van der Waals surface area contributed by atoms with E-state index in [-0.39, 0.29) is 12.8 Å². The molecule has 9 nitrogen and oxygen atoms in total. The molecule has 1 unspecified atom stereocenters. The highest BCUT2D eigenvalue weighted by Crippen LogP contribution is 2.43. The largest absolute Gasteiger partial charge is 0.472 e. The van der Waals surface area contributed by atoms with Crippen molar-refractivity contribution in [1.29, 1.82) is 0 Å². The summed E-state index contributed by atoms with van der Waals surface area (Å²) in [7, 11) is -5.88. The predicted molar refractivity (Wildman–Crippen MR) is 188 cm³/mol. The van der Waals surface area contributed by atoms with Crippen molar-refractivity contribution >= 4 is 19.8 Å². The van der Waals surface area contributed by atoms with E-state index in [1.165, 1.54) is 70.6 Å². The summed E-state index contributed by atoms with van der Waals surface area (Å²) in [6.45, 7) is -19.2. The second kappa shape index (κ2) is 30.1. The highest BCUT2D eigenvalue weighted by Gasteiger charge is 2.27. The Kier molecular flexibility index (Phi) is 17.5. The molecule has 1 N–H and O–H groups in total. The zero-order valence-electron chi connectivity index (χ0n) is 41.7. The number of rotatable bonds is 34. The summed E-state index contributed by atoms with van der Waals surface area (Å²) in [5.41, 5.74) is 0. The molecule has 0 spiro atoms. The summed E-state index contributed by atoms with van der Waals surface area (Å²) in [5.74, 6) is -1.40. The topological polar surface area (TPSA) is 108 Å². The van der Waals surface area contributed by atoms with Crippen molar-refractivity contribution in [2.24, 2.45) is 0 Å². The van der Waals surface area contributed by atoms with Crippen LogP contribution in [0.3, 0.4) is 0 Å². The van der Waals surface area contributed by atoms with Gasteiger partial charge in [-0.05, 0) is 12.8 Å². The number of hydrogen-bond acceptors (Lipinski definition) is 7. The highest BCUT2D eigenvalue weighted by atomic mass is 31.2. The standard InChI is InChI=1S/C36H72NO8P/c1-6-8-10-12-14-16-18-20-22-24-26-28-35(38)42-32-34(33-44-46(40,41)43-31-30-37(3,4)5)45-36(39)29-27-25-23-21-19-17-15-13-11-9-7-2/h34H,6-33H2,1-5H3/p+1/t34-/m1/s1/i3D3,4D3,5D3,30D2,31D2. The van der Waals surface area contributed by atoms with Gasteiger partial charge in [0.15, 0.2) is 6.10 Å². The van der Waals surface area contributed by atoms with Gasteiger partial charge in [-0.25, -0.2) is 4.57 Å². The van der Waals surface area contributed by atoms with Crippen LogP contribution < -0.4 is 0 Å². The lowest BCUT2D eigenvalue weighted by Gasteiger charge is -2.24. The Bertz CT molecular complexity index is 1180. The van der Waals surface area contributed by atoms with E-state index >= 15 is 0 Å². The summed E-state index contributed by atoms with van der Waals surface area (Å²) >= 11 is 0. The maximum atomic E-state index is 13.0. The molecule has 46 heavy (non-hydrogen) atoms. The smallest absolute Gasteiger partial charge is 0.462 e. The number of unbranched alkanes of at least 4 members (excludes halogenated alkanes) is 20. The molecule has 0 saturated carbocycles. The molecule has 0 aromatic rings. The van der Waals surface area contributed by atoms with Crippen LogP contribution in [0.15, 0.2) is 0 Å². The number of phosphoric ester groups is 1. The van der Waals surface area contributed by atoms with Crippen molar-refractivity contribution < 1.29 is 59.9 Å². The van der Waals surface area contributed by atoms with Gasteiger partial charge in [-0.3, -0.25) is 18.6 Å². The maximum absolute atomic E-state index is 13.0. The minimum Gasteiger partial charge on any atom is -0.462 e. The molecule has 0 aromatic heterocycles. The third kappa shape index (κ3) is 32.9. The van der Waals surface area contributed by atoms with Crippen molar-refractivity contribution in [1.82, 2.24) is 0 Å². The third-order valence-corrected chi connectivity index (χ3v) is 8.29. The molecule has 0 aliphatic rings. The normalized spacial score (nSPS) is 19.4. The minimum absolute atomic E-state index is 0.0460. The first-order valence-corrected chi connectivity index (χ1v) is 19.2. The maximum Gasteiger partial charge on any atom is 0.472 e. The second-order valence-corrected chi connectivity index (χ2v) is 13.5. The van der Waals surface area contributed by atoms with Crippen molar-refractivity contribution in [3.63, 3.8) is 0 Å². The SMILES string of the molecule is [2H]C([2H])(OP(=O)(O)OC[C@@H](COC(=O)CCCCCCCCCCCCC)OC(=O)CCCCCCCCCCCCC)C([2H])([2H])[N+](C([2H])([2H])[2H])(C([2H])([2H])[2H])C([2H])([2H])[2H]. The molecule has 0 radical (unpaired) electrons. The van der Waals surface area contributed by atoms with Gasteiger partial charge in [0.2, 0.25) is 0 Å². The Morgan fingerprint density at radius 3 is 1.50 bits per heavy atom. The highest BCUT2D eigenvalue weighted by molar-refractivity contribution is 7.47. The first kappa shape index (κ1) is 26.8. The molecule has 0 amide bonds. The van der Waals surface area contributed by atoms with Crippen LogP contribution >= 0.6 is 7.82 Å². The monoisotopic (exact) mass is 692 g/mol. The van der Waals surface area contributed by atoms with Crippen molar-refractivity contribution in [3.8, 4) is 0 Å². The van der Waals surface area contributed by atoms with Crippen LogP contribution in [0.1, 0.15) is 186 Å². The fourth-order valence-electron chi connectivity index (χ4n) is 4.84. The molecule has 0 heterocycles. The lowest BCUT2D eigenvalue weighted by atomic mass is 10.1. The van der Waals surface area contributed by atoms with E-state index in [9.17, 15) is 19.0 Å². The van der Waals surface area contributed by atoms with E-state index in [1.54, 1.807) is 0 Å². The number of ether oxygens (including phenoxy) is 2. The van der Waals surface area contributed by atoms with E-state index in [0.717, 1.165) is 57.8 Å². The van der Waals surface area contributed by atoms with Gasteiger partial charge in [-0.2, -0.15) is 0 Å². The van der Waals surface area contributed by atoms with Gasteiger partial charge in [0.1, 0.15) is 19.7 Å². The van der Waals surface area contributed by atoms with Crippen LogP contribution in [0, 0.1) is 0 Å². The molecule has 0 saturated heterocycles. The lowest BCUT2D eigenvalue weighted by Crippen LogP contribution is -2.37. The van der Waals surface area contributed by atoms with Crippen molar-refractivity contribution in [3.05, 3.63) is 0 Å². The molecular formula is C36H73NO8P+. The summed E-state index contributed by atoms with van der Waals surface area (Å²) in [6, 6.07) is 0. The molecule has 274 valence electrons. The molecule has 2 atom stereocenters. The molecule has 10 heteroatoms. The van der Waals surface area contributed by atoms with Gasteiger partial charge in [0.25, 0.3) is 0 Å². The molecule has 0 rings (SSSR count). The van der Waals surface area contributed by atoms with Gasteiger partial charge in [0, 0.05) is 12.8 Å².